The Balaban J connectivity index is 1.67. The third-order valence-corrected chi connectivity index (χ3v) is 4.45. The summed E-state index contributed by atoms with van der Waals surface area (Å²) in [4.78, 5) is 38.1. The van der Waals surface area contributed by atoms with Crippen LogP contribution in [0, 0.1) is 11.7 Å². The van der Waals surface area contributed by atoms with Gasteiger partial charge in [0.15, 0.2) is 5.76 Å². The Morgan fingerprint density at radius 1 is 1.30 bits per heavy atom. The minimum absolute atomic E-state index is 0.234. The highest BCUT2D eigenvalue weighted by Crippen LogP contribution is 2.22. The molecule has 0 unspecified atom stereocenters. The Morgan fingerprint density at radius 3 is 2.81 bits per heavy atom. The van der Waals surface area contributed by atoms with Crippen LogP contribution in [0.1, 0.15) is 33.8 Å². The lowest BCUT2D eigenvalue weighted by Gasteiger charge is -2.31. The fourth-order valence-electron chi connectivity index (χ4n) is 3.05. The summed E-state index contributed by atoms with van der Waals surface area (Å²) >= 11 is 0. The summed E-state index contributed by atoms with van der Waals surface area (Å²) in [5, 5.41) is 2.68. The van der Waals surface area contributed by atoms with Gasteiger partial charge in [-0.25, -0.2) is 9.18 Å². The summed E-state index contributed by atoms with van der Waals surface area (Å²) in [7, 11) is 1.15. The van der Waals surface area contributed by atoms with E-state index in [1.165, 1.54) is 18.4 Å². The second-order valence-corrected chi connectivity index (χ2v) is 6.24. The highest BCUT2D eigenvalue weighted by molar-refractivity contribution is 5.96. The zero-order valence-corrected chi connectivity index (χ0v) is 14.7. The van der Waals surface area contributed by atoms with Gasteiger partial charge in [-0.3, -0.25) is 9.59 Å². The monoisotopic (exact) mass is 374 g/mol. The lowest BCUT2D eigenvalue weighted by atomic mass is 9.96. The first-order valence-corrected chi connectivity index (χ1v) is 8.51. The van der Waals surface area contributed by atoms with E-state index in [9.17, 15) is 18.8 Å². The van der Waals surface area contributed by atoms with Crippen molar-refractivity contribution in [2.24, 2.45) is 5.92 Å². The number of carbonyl (C=O) groups is 3. The maximum Gasteiger partial charge on any atom is 0.340 e. The van der Waals surface area contributed by atoms with E-state index in [1.54, 1.807) is 17.0 Å². The van der Waals surface area contributed by atoms with Crippen molar-refractivity contribution in [3.05, 3.63) is 53.7 Å². The molecule has 1 N–H and O–H groups in total. The fraction of sp³-hybridized carbons (Fsp3) is 0.316. The van der Waals surface area contributed by atoms with Gasteiger partial charge in [0.2, 0.25) is 5.91 Å². The molecule has 1 aliphatic rings. The molecule has 2 heterocycles. The van der Waals surface area contributed by atoms with Gasteiger partial charge < -0.3 is 19.4 Å². The number of hydrogen-bond donors (Lipinski definition) is 1. The Kier molecular flexibility index (Phi) is 5.54. The number of nitrogens with zero attached hydrogens (tertiary/aromatic N) is 1. The van der Waals surface area contributed by atoms with E-state index in [4.69, 9.17) is 4.42 Å². The Labute approximate surface area is 155 Å². The molecule has 2 amide bonds. The van der Waals surface area contributed by atoms with E-state index in [0.717, 1.165) is 13.2 Å². The SMILES string of the molecule is COC(=O)c1cc(NC(=O)[C@@H]2CCCN(C(=O)c3ccco3)C2)ccc1F. The van der Waals surface area contributed by atoms with Crippen LogP contribution in [0.4, 0.5) is 10.1 Å². The van der Waals surface area contributed by atoms with E-state index in [2.05, 4.69) is 10.1 Å². The van der Waals surface area contributed by atoms with Gasteiger partial charge in [-0.05, 0) is 43.2 Å². The van der Waals surface area contributed by atoms with Crippen LogP contribution in [0.25, 0.3) is 0 Å². The zero-order chi connectivity index (χ0) is 19.4. The highest BCUT2D eigenvalue weighted by atomic mass is 19.1. The van der Waals surface area contributed by atoms with E-state index in [0.29, 0.717) is 19.4 Å². The predicted octanol–water partition coefficient (Wildman–Crippen LogP) is 2.70. The smallest absolute Gasteiger partial charge is 0.340 e. The first kappa shape index (κ1) is 18.6. The molecule has 0 aliphatic carbocycles. The number of anilines is 1. The van der Waals surface area contributed by atoms with Crippen LogP contribution in [0.2, 0.25) is 0 Å². The molecule has 0 saturated carbocycles. The molecule has 7 nitrogen and oxygen atoms in total. The third-order valence-electron chi connectivity index (χ3n) is 4.45. The second kappa shape index (κ2) is 8.03. The van der Waals surface area contributed by atoms with Crippen molar-refractivity contribution >= 4 is 23.5 Å². The number of piperidine rings is 1. The van der Waals surface area contributed by atoms with Gasteiger partial charge in [-0.2, -0.15) is 0 Å². The van der Waals surface area contributed by atoms with Gasteiger partial charge in [0.05, 0.1) is 24.9 Å². The first-order valence-electron chi connectivity index (χ1n) is 8.51. The van der Waals surface area contributed by atoms with Crippen LogP contribution in [0.15, 0.2) is 41.0 Å². The molecular formula is C19H19FN2O5. The van der Waals surface area contributed by atoms with Crippen molar-refractivity contribution in [3.63, 3.8) is 0 Å². The maximum absolute atomic E-state index is 13.7. The summed E-state index contributed by atoms with van der Waals surface area (Å²) in [6, 6.07) is 6.91. The molecule has 27 heavy (non-hydrogen) atoms. The minimum atomic E-state index is -0.823. The lowest BCUT2D eigenvalue weighted by molar-refractivity contribution is -0.121. The minimum Gasteiger partial charge on any atom is -0.465 e. The molecule has 0 spiro atoms. The van der Waals surface area contributed by atoms with Crippen molar-refractivity contribution in [2.75, 3.05) is 25.5 Å². The number of likely N-dealkylation sites (tertiary alicyclic amines) is 1. The molecule has 0 radical (unpaired) electrons. The summed E-state index contributed by atoms with van der Waals surface area (Å²) in [5.41, 5.74) is 0.0323. The Hall–Kier alpha value is -3.16. The highest BCUT2D eigenvalue weighted by Gasteiger charge is 2.30. The van der Waals surface area contributed by atoms with Crippen LogP contribution in [0.5, 0.6) is 0 Å². The van der Waals surface area contributed by atoms with E-state index in [-0.39, 0.29) is 35.4 Å². The number of hydrogen-bond acceptors (Lipinski definition) is 5. The molecule has 1 aliphatic heterocycles. The summed E-state index contributed by atoms with van der Waals surface area (Å²) in [6.45, 7) is 0.808. The van der Waals surface area contributed by atoms with Crippen LogP contribution in [-0.2, 0) is 9.53 Å². The van der Waals surface area contributed by atoms with E-state index in [1.807, 2.05) is 0 Å². The Bertz CT molecular complexity index is 850. The number of methoxy groups -OCH3 is 1. The van der Waals surface area contributed by atoms with Crippen LogP contribution < -0.4 is 5.32 Å². The van der Waals surface area contributed by atoms with Gasteiger partial charge in [0, 0.05) is 18.8 Å². The average Bonchev–Trinajstić information content (AvgIpc) is 3.23. The second-order valence-electron chi connectivity index (χ2n) is 6.24. The summed E-state index contributed by atoms with van der Waals surface area (Å²) < 4.78 is 23.4. The van der Waals surface area contributed by atoms with Crippen molar-refractivity contribution < 1.29 is 27.9 Å². The van der Waals surface area contributed by atoms with Crippen LogP contribution in [0.3, 0.4) is 0 Å². The average molecular weight is 374 g/mol. The number of ether oxygens (including phenoxy) is 1. The molecule has 0 bridgehead atoms. The van der Waals surface area contributed by atoms with Gasteiger partial charge >= 0.3 is 5.97 Å². The number of nitrogens with one attached hydrogen (secondary N) is 1. The van der Waals surface area contributed by atoms with Gasteiger partial charge in [-0.1, -0.05) is 0 Å². The molecule has 3 rings (SSSR count). The van der Waals surface area contributed by atoms with Crippen molar-refractivity contribution in [1.29, 1.82) is 0 Å². The predicted molar refractivity (Wildman–Crippen MR) is 93.7 cm³/mol. The van der Waals surface area contributed by atoms with Gasteiger partial charge in [0.1, 0.15) is 5.82 Å². The summed E-state index contributed by atoms with van der Waals surface area (Å²) in [6.07, 6.45) is 2.73. The fourth-order valence-corrected chi connectivity index (χ4v) is 3.05. The molecule has 8 heteroatoms. The van der Waals surface area contributed by atoms with Gasteiger partial charge in [-0.15, -0.1) is 0 Å². The number of benzene rings is 1. The topological polar surface area (TPSA) is 88.9 Å². The standard InChI is InChI=1S/C19H19FN2O5/c1-26-19(25)14-10-13(6-7-15(14)20)21-17(23)12-4-2-8-22(11-12)18(24)16-5-3-9-27-16/h3,5-7,9-10,12H,2,4,8,11H2,1H3,(H,21,23)/t12-/m1/s1. The molecule has 1 fully saturated rings. The number of rotatable bonds is 4. The number of esters is 1. The number of halogens is 1. The molecule has 142 valence electrons. The zero-order valence-electron chi connectivity index (χ0n) is 14.7. The number of furan rings is 1. The molecule has 1 saturated heterocycles. The van der Waals surface area contributed by atoms with Crippen molar-refractivity contribution in [1.82, 2.24) is 4.90 Å². The largest absolute Gasteiger partial charge is 0.465 e. The molecule has 1 atom stereocenters. The first-order chi connectivity index (χ1) is 13.0. The Morgan fingerprint density at radius 2 is 2.11 bits per heavy atom. The number of carbonyl (C=O) groups excluding carboxylic acids is 3. The van der Waals surface area contributed by atoms with E-state index < -0.39 is 17.7 Å². The van der Waals surface area contributed by atoms with E-state index >= 15 is 0 Å². The maximum atomic E-state index is 13.7. The summed E-state index contributed by atoms with van der Waals surface area (Å²) in [5.74, 6) is -2.28. The third kappa shape index (κ3) is 4.16. The van der Waals surface area contributed by atoms with Gasteiger partial charge in [0.25, 0.3) is 5.91 Å². The molecular weight excluding hydrogens is 355 g/mol. The normalized spacial score (nSPS) is 16.7. The van der Waals surface area contributed by atoms with Crippen LogP contribution >= 0.6 is 0 Å². The van der Waals surface area contributed by atoms with Crippen LogP contribution in [-0.4, -0.2) is 42.9 Å². The molecule has 2 aromatic rings. The number of amides is 2. The lowest BCUT2D eigenvalue weighted by Crippen LogP contribution is -2.43. The van der Waals surface area contributed by atoms with Crippen molar-refractivity contribution in [2.45, 2.75) is 12.8 Å². The molecule has 1 aromatic carbocycles. The molecule has 1 aromatic heterocycles. The van der Waals surface area contributed by atoms with Crippen molar-refractivity contribution in [3.8, 4) is 0 Å². The quantitative estimate of drug-likeness (QED) is 0.831.